The molecule has 1 unspecified atom stereocenters. The van der Waals surface area contributed by atoms with Crippen molar-refractivity contribution in [3.63, 3.8) is 0 Å². The zero-order valence-electron chi connectivity index (χ0n) is 18.5. The molecule has 2 aromatic carbocycles. The van der Waals surface area contributed by atoms with Crippen LogP contribution in [0.2, 0.25) is 0 Å². The Hall–Kier alpha value is -3.13. The molecule has 7 nitrogen and oxygen atoms in total. The summed E-state index contributed by atoms with van der Waals surface area (Å²) in [5.41, 5.74) is 3.84. The monoisotopic (exact) mass is 451 g/mol. The maximum absolute atomic E-state index is 12.9. The minimum Gasteiger partial charge on any atom is -0.369 e. The molecule has 2 amide bonds. The van der Waals surface area contributed by atoms with Crippen LogP contribution in [-0.2, 0) is 11.3 Å². The van der Waals surface area contributed by atoms with E-state index in [1.807, 2.05) is 6.07 Å². The van der Waals surface area contributed by atoms with E-state index in [4.69, 9.17) is 0 Å². The van der Waals surface area contributed by atoms with Gasteiger partial charge in [-0.3, -0.25) is 24.6 Å². The van der Waals surface area contributed by atoms with E-state index in [-0.39, 0.29) is 28.9 Å². The molecule has 2 heterocycles. The van der Waals surface area contributed by atoms with Crippen molar-refractivity contribution in [1.29, 1.82) is 0 Å². The van der Waals surface area contributed by atoms with Crippen LogP contribution in [0, 0.1) is 10.1 Å². The second kappa shape index (κ2) is 8.09. The number of thioether (sulfide) groups is 1. The molecule has 0 bridgehead atoms. The lowest BCUT2D eigenvalue weighted by Crippen LogP contribution is -2.45. The molecule has 4 rings (SSSR count). The van der Waals surface area contributed by atoms with E-state index in [0.29, 0.717) is 16.4 Å². The first-order valence-electron chi connectivity index (χ1n) is 10.4. The van der Waals surface area contributed by atoms with Gasteiger partial charge in [-0.15, -0.1) is 0 Å². The number of fused-ring (bicyclic) bond motifs is 1. The molecule has 0 saturated carbocycles. The summed E-state index contributed by atoms with van der Waals surface area (Å²) in [6, 6.07) is 12.1. The summed E-state index contributed by atoms with van der Waals surface area (Å²) in [6.07, 6.45) is 2.78. The molecule has 0 spiro atoms. The van der Waals surface area contributed by atoms with Gasteiger partial charge in [-0.25, -0.2) is 0 Å². The molecule has 1 atom stereocenters. The number of nitro groups is 1. The number of non-ortho nitro benzene ring substituents is 1. The van der Waals surface area contributed by atoms with E-state index in [2.05, 4.69) is 44.9 Å². The molecule has 32 heavy (non-hydrogen) atoms. The summed E-state index contributed by atoms with van der Waals surface area (Å²) in [4.78, 5) is 39.7. The normalized spacial score (nSPS) is 21.2. The molecule has 2 aliphatic rings. The summed E-state index contributed by atoms with van der Waals surface area (Å²) in [5.74, 6) is 0.00371. The Morgan fingerprint density at radius 3 is 2.69 bits per heavy atom. The number of nitrogens with zero attached hydrogens (tertiary/aromatic N) is 3. The summed E-state index contributed by atoms with van der Waals surface area (Å²) in [6.45, 7) is 6.69. The Kier molecular flexibility index (Phi) is 5.58. The zero-order chi connectivity index (χ0) is 23.2. The number of nitro benzene ring substituents is 1. The topological polar surface area (TPSA) is 83.8 Å². The lowest BCUT2D eigenvalue weighted by Gasteiger charge is -2.45. The average Bonchev–Trinajstić information content (AvgIpc) is 2.99. The molecule has 166 valence electrons. The molecule has 2 aromatic rings. The Balaban J connectivity index is 1.58. The molecule has 0 radical (unpaired) electrons. The van der Waals surface area contributed by atoms with Crippen molar-refractivity contribution >= 4 is 40.4 Å². The molecular weight excluding hydrogens is 426 g/mol. The molecule has 0 aromatic heterocycles. The first-order chi connectivity index (χ1) is 15.1. The highest BCUT2D eigenvalue weighted by atomic mass is 32.2. The predicted molar refractivity (Wildman–Crippen MR) is 127 cm³/mol. The number of benzene rings is 2. The molecule has 0 aliphatic carbocycles. The Morgan fingerprint density at radius 2 is 1.97 bits per heavy atom. The molecule has 2 aliphatic heterocycles. The third kappa shape index (κ3) is 4.02. The number of hydrogen-bond donors (Lipinski definition) is 0. The van der Waals surface area contributed by atoms with Gasteiger partial charge in [0.1, 0.15) is 0 Å². The predicted octanol–water partition coefficient (Wildman–Crippen LogP) is 5.55. The number of carbonyl (C=O) groups excluding carboxylic acids is 2. The fraction of sp³-hybridized carbons (Fsp3) is 0.333. The van der Waals surface area contributed by atoms with Crippen LogP contribution in [0.5, 0.6) is 0 Å². The lowest BCUT2D eigenvalue weighted by atomic mass is 9.80. The van der Waals surface area contributed by atoms with Gasteiger partial charge >= 0.3 is 0 Å². The molecular formula is C24H25N3O4S. The molecule has 8 heteroatoms. The van der Waals surface area contributed by atoms with Crippen LogP contribution in [0.25, 0.3) is 6.08 Å². The smallest absolute Gasteiger partial charge is 0.293 e. The maximum Gasteiger partial charge on any atom is 0.293 e. The molecule has 1 fully saturated rings. The second-order valence-electron chi connectivity index (χ2n) is 8.99. The SMILES string of the molecule is CC1CC(C)(C)N(C)c2ccc(/C=C3/SC(=O)N(Cc4cccc([N+](=O)[O-])c4)C3=O)cc21. The van der Waals surface area contributed by atoms with Crippen LogP contribution in [0.15, 0.2) is 47.4 Å². The van der Waals surface area contributed by atoms with E-state index in [0.717, 1.165) is 28.6 Å². The van der Waals surface area contributed by atoms with Crippen molar-refractivity contribution in [3.05, 3.63) is 74.2 Å². The fourth-order valence-electron chi connectivity index (χ4n) is 4.42. The second-order valence-corrected chi connectivity index (χ2v) is 9.98. The van der Waals surface area contributed by atoms with Crippen molar-refractivity contribution < 1.29 is 14.5 Å². The number of anilines is 1. The van der Waals surface area contributed by atoms with E-state index in [1.165, 1.54) is 23.4 Å². The van der Waals surface area contributed by atoms with Crippen LogP contribution >= 0.6 is 11.8 Å². The van der Waals surface area contributed by atoms with Gasteiger partial charge in [0.2, 0.25) is 0 Å². The van der Waals surface area contributed by atoms with E-state index >= 15 is 0 Å². The third-order valence-electron chi connectivity index (χ3n) is 6.29. The van der Waals surface area contributed by atoms with Crippen molar-refractivity contribution in [1.82, 2.24) is 4.90 Å². The van der Waals surface area contributed by atoms with E-state index in [1.54, 1.807) is 18.2 Å². The Morgan fingerprint density at radius 1 is 1.22 bits per heavy atom. The average molecular weight is 452 g/mol. The van der Waals surface area contributed by atoms with Gasteiger partial charge in [0.05, 0.1) is 16.4 Å². The van der Waals surface area contributed by atoms with E-state index < -0.39 is 4.92 Å². The van der Waals surface area contributed by atoms with Crippen LogP contribution in [0.1, 0.15) is 49.8 Å². The first kappa shape index (κ1) is 22.1. The number of carbonyl (C=O) groups is 2. The minimum atomic E-state index is -0.493. The lowest BCUT2D eigenvalue weighted by molar-refractivity contribution is -0.384. The number of rotatable bonds is 4. The maximum atomic E-state index is 12.9. The highest BCUT2D eigenvalue weighted by Gasteiger charge is 2.36. The summed E-state index contributed by atoms with van der Waals surface area (Å²) in [7, 11) is 2.10. The first-order valence-corrected chi connectivity index (χ1v) is 11.2. The van der Waals surface area contributed by atoms with Crippen molar-refractivity contribution in [2.24, 2.45) is 0 Å². The minimum absolute atomic E-state index is 0.00475. The van der Waals surface area contributed by atoms with Crippen LogP contribution in [0.3, 0.4) is 0 Å². The van der Waals surface area contributed by atoms with Gasteiger partial charge in [0.15, 0.2) is 0 Å². The van der Waals surface area contributed by atoms with Crippen LogP contribution in [0.4, 0.5) is 16.2 Å². The Labute approximate surface area is 191 Å². The van der Waals surface area contributed by atoms with Crippen LogP contribution < -0.4 is 4.90 Å². The molecule has 1 saturated heterocycles. The van der Waals surface area contributed by atoms with Crippen molar-refractivity contribution in [3.8, 4) is 0 Å². The number of hydrogen-bond acceptors (Lipinski definition) is 6. The third-order valence-corrected chi connectivity index (χ3v) is 7.20. The molecule has 0 N–H and O–H groups in total. The largest absolute Gasteiger partial charge is 0.369 e. The van der Waals surface area contributed by atoms with Crippen molar-refractivity contribution in [2.75, 3.05) is 11.9 Å². The van der Waals surface area contributed by atoms with Gasteiger partial charge < -0.3 is 4.90 Å². The summed E-state index contributed by atoms with van der Waals surface area (Å²) < 4.78 is 0. The fourth-order valence-corrected chi connectivity index (χ4v) is 5.26. The number of amides is 2. The quantitative estimate of drug-likeness (QED) is 0.344. The van der Waals surface area contributed by atoms with Gasteiger partial charge in [-0.05, 0) is 72.8 Å². The van der Waals surface area contributed by atoms with Gasteiger partial charge in [-0.2, -0.15) is 0 Å². The van der Waals surface area contributed by atoms with Gasteiger partial charge in [-0.1, -0.05) is 25.1 Å². The highest BCUT2D eigenvalue weighted by molar-refractivity contribution is 8.18. The van der Waals surface area contributed by atoms with Crippen LogP contribution in [-0.4, -0.2) is 33.6 Å². The van der Waals surface area contributed by atoms with E-state index in [9.17, 15) is 19.7 Å². The zero-order valence-corrected chi connectivity index (χ0v) is 19.3. The van der Waals surface area contributed by atoms with Gasteiger partial charge in [0, 0.05) is 30.4 Å². The summed E-state index contributed by atoms with van der Waals surface area (Å²) in [5, 5.41) is 10.6. The summed E-state index contributed by atoms with van der Waals surface area (Å²) >= 11 is 0.899. The number of imide groups is 1. The van der Waals surface area contributed by atoms with Crippen molar-refractivity contribution in [2.45, 2.75) is 45.2 Å². The Bertz CT molecular complexity index is 1160. The van der Waals surface area contributed by atoms with Gasteiger partial charge in [0.25, 0.3) is 16.8 Å². The highest BCUT2D eigenvalue weighted by Crippen LogP contribution is 2.43. The standard InChI is InChI=1S/C24H25N3O4S/c1-15-13-24(2,3)25(4)20-9-8-16(11-19(15)20)12-21-22(28)26(23(29)32-21)14-17-6-5-7-18(10-17)27(30)31/h5-12,15H,13-14H2,1-4H3/b21-12+.